The molecular weight excluding hydrogens is 368 g/mol. The van der Waals surface area contributed by atoms with Crippen LogP contribution in [0.25, 0.3) is 5.52 Å². The first-order valence-corrected chi connectivity index (χ1v) is 9.66. The van der Waals surface area contributed by atoms with Crippen molar-refractivity contribution in [1.29, 1.82) is 0 Å². The van der Waals surface area contributed by atoms with E-state index in [4.69, 9.17) is 4.74 Å². The van der Waals surface area contributed by atoms with Crippen molar-refractivity contribution < 1.29 is 14.3 Å². The number of hydrogen-bond donors (Lipinski definition) is 2. The Hall–Kier alpha value is -3.35. The summed E-state index contributed by atoms with van der Waals surface area (Å²) in [6.45, 7) is 5.01. The van der Waals surface area contributed by atoms with Crippen molar-refractivity contribution in [3.63, 3.8) is 0 Å². The highest BCUT2D eigenvalue weighted by Crippen LogP contribution is 2.17. The molecule has 2 amide bonds. The number of pyridine rings is 1. The van der Waals surface area contributed by atoms with Gasteiger partial charge in [0.2, 0.25) is 5.82 Å². The van der Waals surface area contributed by atoms with Gasteiger partial charge >= 0.3 is 0 Å². The number of carbonyl (C=O) groups excluding carboxylic acids is 2. The van der Waals surface area contributed by atoms with Crippen LogP contribution in [0.5, 0.6) is 5.75 Å². The molecule has 0 saturated heterocycles. The Morgan fingerprint density at radius 2 is 1.83 bits per heavy atom. The van der Waals surface area contributed by atoms with E-state index in [0.29, 0.717) is 30.9 Å². The van der Waals surface area contributed by atoms with Gasteiger partial charge in [-0.25, -0.2) is 4.98 Å². The van der Waals surface area contributed by atoms with E-state index in [1.54, 1.807) is 29.8 Å². The quantitative estimate of drug-likeness (QED) is 0.615. The molecule has 7 nitrogen and oxygen atoms in total. The number of carbonyl (C=O) groups is 2. The third kappa shape index (κ3) is 4.74. The number of fused-ring (bicyclic) bond motifs is 1. The first-order chi connectivity index (χ1) is 14.0. The molecule has 0 aliphatic carbocycles. The van der Waals surface area contributed by atoms with E-state index in [2.05, 4.69) is 15.6 Å². The maximum absolute atomic E-state index is 12.8. The zero-order valence-corrected chi connectivity index (χ0v) is 16.9. The minimum Gasteiger partial charge on any atom is -0.496 e. The highest BCUT2D eigenvalue weighted by atomic mass is 16.5. The zero-order valence-electron chi connectivity index (χ0n) is 16.9. The molecule has 0 spiro atoms. The van der Waals surface area contributed by atoms with E-state index in [1.807, 2.05) is 44.2 Å². The Morgan fingerprint density at radius 3 is 2.59 bits per heavy atom. The lowest BCUT2D eigenvalue weighted by Crippen LogP contribution is -2.29. The summed E-state index contributed by atoms with van der Waals surface area (Å²) in [6.07, 6.45) is 2.36. The number of aromatic nitrogens is 2. The van der Waals surface area contributed by atoms with Crippen molar-refractivity contribution in [2.75, 3.05) is 20.2 Å². The number of nitrogens with one attached hydrogen (secondary N) is 2. The van der Waals surface area contributed by atoms with E-state index in [1.165, 1.54) is 0 Å². The number of nitrogens with zero attached hydrogens (tertiary/aromatic N) is 2. The lowest BCUT2D eigenvalue weighted by Gasteiger charge is -2.08. The molecule has 7 heteroatoms. The van der Waals surface area contributed by atoms with Gasteiger partial charge in [0.25, 0.3) is 11.8 Å². The Bertz CT molecular complexity index is 1010. The fourth-order valence-electron chi connectivity index (χ4n) is 3.04. The molecule has 2 heterocycles. The monoisotopic (exact) mass is 394 g/mol. The molecule has 1 aromatic carbocycles. The summed E-state index contributed by atoms with van der Waals surface area (Å²) in [5, 5.41) is 5.74. The van der Waals surface area contributed by atoms with E-state index in [9.17, 15) is 9.59 Å². The van der Waals surface area contributed by atoms with Gasteiger partial charge in [0.1, 0.15) is 5.75 Å². The van der Waals surface area contributed by atoms with Crippen LogP contribution in [0.3, 0.4) is 0 Å². The molecular formula is C22H26N4O3. The van der Waals surface area contributed by atoms with Gasteiger partial charge < -0.3 is 15.4 Å². The summed E-state index contributed by atoms with van der Waals surface area (Å²) < 4.78 is 6.99. The highest BCUT2D eigenvalue weighted by Gasteiger charge is 2.21. The van der Waals surface area contributed by atoms with Crippen molar-refractivity contribution in [1.82, 2.24) is 20.0 Å². The van der Waals surface area contributed by atoms with E-state index >= 15 is 0 Å². The predicted octanol–water partition coefficient (Wildman–Crippen LogP) is 2.70. The van der Waals surface area contributed by atoms with Crippen LogP contribution in [-0.4, -0.2) is 41.4 Å². The fraction of sp³-hybridized carbons (Fsp3) is 0.318. The third-order valence-corrected chi connectivity index (χ3v) is 4.51. The van der Waals surface area contributed by atoms with E-state index in [-0.39, 0.29) is 23.3 Å². The number of para-hydroxylation sites is 1. The molecule has 0 atom stereocenters. The van der Waals surface area contributed by atoms with Crippen LogP contribution in [0.4, 0.5) is 0 Å². The highest BCUT2D eigenvalue weighted by molar-refractivity contribution is 6.02. The second-order valence-corrected chi connectivity index (χ2v) is 7.16. The normalized spacial score (nSPS) is 10.9. The van der Waals surface area contributed by atoms with Crippen molar-refractivity contribution in [3.8, 4) is 5.75 Å². The molecule has 0 radical (unpaired) electrons. The van der Waals surface area contributed by atoms with Gasteiger partial charge in [-0.3, -0.25) is 14.0 Å². The van der Waals surface area contributed by atoms with Gasteiger partial charge in [-0.05, 0) is 36.1 Å². The largest absolute Gasteiger partial charge is 0.496 e. The summed E-state index contributed by atoms with van der Waals surface area (Å²) in [7, 11) is 1.63. The van der Waals surface area contributed by atoms with E-state index < -0.39 is 0 Å². The summed E-state index contributed by atoms with van der Waals surface area (Å²) >= 11 is 0. The number of amides is 2. The van der Waals surface area contributed by atoms with Gasteiger partial charge in [-0.2, -0.15) is 0 Å². The molecule has 0 aliphatic heterocycles. The standard InChI is InChI=1S/C22H26N4O3/c1-15(2)14-24-22(28)20-25-19(17-9-6-7-13-26(17)20)21(27)23-12-11-16-8-4-5-10-18(16)29-3/h4-10,13,15H,11-12,14H2,1-3H3,(H,23,27)(H,24,28). The molecule has 3 aromatic rings. The summed E-state index contributed by atoms with van der Waals surface area (Å²) in [6, 6.07) is 13.1. The molecule has 2 N–H and O–H groups in total. The van der Waals surface area contributed by atoms with E-state index in [0.717, 1.165) is 11.3 Å². The maximum Gasteiger partial charge on any atom is 0.287 e. The fourth-order valence-corrected chi connectivity index (χ4v) is 3.04. The topological polar surface area (TPSA) is 84.7 Å². The molecule has 29 heavy (non-hydrogen) atoms. The lowest BCUT2D eigenvalue weighted by molar-refractivity contribution is 0.0938. The van der Waals surface area contributed by atoms with Gasteiger partial charge in [0, 0.05) is 19.3 Å². The average Bonchev–Trinajstić information content (AvgIpc) is 3.12. The third-order valence-electron chi connectivity index (χ3n) is 4.51. The lowest BCUT2D eigenvalue weighted by atomic mass is 10.1. The van der Waals surface area contributed by atoms with Crippen LogP contribution in [0.2, 0.25) is 0 Å². The first-order valence-electron chi connectivity index (χ1n) is 9.66. The molecule has 0 bridgehead atoms. The average molecular weight is 394 g/mol. The van der Waals surface area contributed by atoms with Crippen LogP contribution in [-0.2, 0) is 6.42 Å². The smallest absolute Gasteiger partial charge is 0.287 e. The summed E-state index contributed by atoms with van der Waals surface area (Å²) in [4.78, 5) is 29.6. The van der Waals surface area contributed by atoms with Crippen LogP contribution in [0.1, 0.15) is 40.5 Å². The van der Waals surface area contributed by atoms with Crippen molar-refractivity contribution in [2.24, 2.45) is 5.92 Å². The predicted molar refractivity (Wildman–Crippen MR) is 111 cm³/mol. The Kier molecular flexibility index (Phi) is 6.49. The minimum absolute atomic E-state index is 0.205. The molecule has 0 fully saturated rings. The molecule has 0 aliphatic rings. The second-order valence-electron chi connectivity index (χ2n) is 7.16. The number of benzene rings is 1. The number of rotatable bonds is 8. The van der Waals surface area contributed by atoms with Crippen LogP contribution in [0, 0.1) is 5.92 Å². The molecule has 152 valence electrons. The van der Waals surface area contributed by atoms with Crippen molar-refractivity contribution in [3.05, 3.63) is 65.7 Å². The number of hydrogen-bond acceptors (Lipinski definition) is 4. The maximum atomic E-state index is 12.8. The van der Waals surface area contributed by atoms with Crippen LogP contribution < -0.4 is 15.4 Å². The summed E-state index contributed by atoms with van der Waals surface area (Å²) in [5.74, 6) is 0.705. The van der Waals surface area contributed by atoms with Gasteiger partial charge in [0.15, 0.2) is 5.69 Å². The van der Waals surface area contributed by atoms with Gasteiger partial charge in [-0.15, -0.1) is 0 Å². The van der Waals surface area contributed by atoms with Gasteiger partial charge in [0.05, 0.1) is 12.6 Å². The number of ether oxygens (including phenoxy) is 1. The molecule has 3 rings (SSSR count). The Labute approximate surface area is 170 Å². The Morgan fingerprint density at radius 1 is 1.07 bits per heavy atom. The molecule has 0 saturated carbocycles. The van der Waals surface area contributed by atoms with Crippen LogP contribution >= 0.6 is 0 Å². The van der Waals surface area contributed by atoms with Crippen molar-refractivity contribution >= 4 is 17.3 Å². The number of imidazole rings is 1. The minimum atomic E-state index is -0.313. The Balaban J connectivity index is 1.75. The number of methoxy groups -OCH3 is 1. The SMILES string of the molecule is COc1ccccc1CCNC(=O)c1nc(C(=O)NCC(C)C)n2ccccc12. The van der Waals surface area contributed by atoms with Gasteiger partial charge in [-0.1, -0.05) is 38.1 Å². The zero-order chi connectivity index (χ0) is 20.8. The summed E-state index contributed by atoms with van der Waals surface area (Å²) in [5.41, 5.74) is 1.84. The van der Waals surface area contributed by atoms with Crippen molar-refractivity contribution in [2.45, 2.75) is 20.3 Å². The molecule has 0 unspecified atom stereocenters. The second kappa shape index (κ2) is 9.23. The first kappa shape index (κ1) is 20.4. The molecule has 2 aromatic heterocycles. The van der Waals surface area contributed by atoms with Crippen LogP contribution in [0.15, 0.2) is 48.7 Å².